The van der Waals surface area contributed by atoms with E-state index in [-0.39, 0.29) is 0 Å². The number of hydrogen-bond donors (Lipinski definition) is 1. The van der Waals surface area contributed by atoms with Crippen LogP contribution in [0.2, 0.25) is 0 Å². The average molecular weight is 310 g/mol. The average Bonchev–Trinajstić information content (AvgIpc) is 2.46. The monoisotopic (exact) mass is 309 g/mol. The summed E-state index contributed by atoms with van der Waals surface area (Å²) < 4.78 is 0. The van der Waals surface area contributed by atoms with Gasteiger partial charge in [-0.2, -0.15) is 11.8 Å². The quantitative estimate of drug-likeness (QED) is 0.908. The standard InChI is InChI=1S/C15H23N3S2/c1-9(2)13-11-4-5-16-8-12(11)17-15(18-13)14-10(3)19-6-7-20-14/h9-10,14,16H,4-8H2,1-3H3. The Kier molecular flexibility index (Phi) is 4.58. The molecule has 0 spiro atoms. The van der Waals surface area contributed by atoms with Crippen LogP contribution < -0.4 is 5.32 Å². The predicted octanol–water partition coefficient (Wildman–Crippen LogP) is 3.16. The first kappa shape index (κ1) is 14.7. The van der Waals surface area contributed by atoms with Crippen molar-refractivity contribution in [3.8, 4) is 0 Å². The Labute approximate surface area is 130 Å². The molecule has 1 aromatic rings. The molecule has 3 heterocycles. The highest BCUT2D eigenvalue weighted by Gasteiger charge is 2.29. The molecule has 2 aliphatic heterocycles. The van der Waals surface area contributed by atoms with Crippen molar-refractivity contribution in [3.05, 3.63) is 22.8 Å². The summed E-state index contributed by atoms with van der Waals surface area (Å²) in [4.78, 5) is 9.91. The van der Waals surface area contributed by atoms with Gasteiger partial charge in [-0.05, 0) is 24.4 Å². The Morgan fingerprint density at radius 3 is 2.75 bits per heavy atom. The highest BCUT2D eigenvalue weighted by Crippen LogP contribution is 2.41. The van der Waals surface area contributed by atoms with Gasteiger partial charge in [-0.1, -0.05) is 20.8 Å². The summed E-state index contributed by atoms with van der Waals surface area (Å²) in [5.74, 6) is 4.03. The predicted molar refractivity (Wildman–Crippen MR) is 88.7 cm³/mol. The molecule has 2 atom stereocenters. The first-order valence-corrected chi connectivity index (χ1v) is 9.60. The van der Waals surface area contributed by atoms with Crippen LogP contribution in [0.4, 0.5) is 0 Å². The summed E-state index contributed by atoms with van der Waals surface area (Å²) in [6, 6.07) is 0. The van der Waals surface area contributed by atoms with Gasteiger partial charge in [-0.25, -0.2) is 9.97 Å². The summed E-state index contributed by atoms with van der Waals surface area (Å²) in [5.41, 5.74) is 3.94. The third-order valence-corrected chi connectivity index (χ3v) is 7.06. The highest BCUT2D eigenvalue weighted by molar-refractivity contribution is 8.06. The molecule has 0 saturated carbocycles. The SMILES string of the molecule is CC(C)c1nc(C2SCCSC2C)nc2c1CCNC2. The maximum atomic E-state index is 4.99. The molecule has 0 aromatic carbocycles. The molecule has 3 rings (SSSR count). The van der Waals surface area contributed by atoms with Gasteiger partial charge in [-0.3, -0.25) is 0 Å². The van der Waals surface area contributed by atoms with Crippen molar-refractivity contribution in [2.75, 3.05) is 18.1 Å². The molecule has 20 heavy (non-hydrogen) atoms. The molecular formula is C15H23N3S2. The minimum Gasteiger partial charge on any atom is -0.311 e. The van der Waals surface area contributed by atoms with Crippen LogP contribution >= 0.6 is 23.5 Å². The molecule has 5 heteroatoms. The number of nitrogens with zero attached hydrogens (tertiary/aromatic N) is 2. The molecule has 1 fully saturated rings. The van der Waals surface area contributed by atoms with Crippen molar-refractivity contribution < 1.29 is 0 Å². The van der Waals surface area contributed by atoms with Crippen LogP contribution in [0.1, 0.15) is 54.7 Å². The number of nitrogens with one attached hydrogen (secondary N) is 1. The van der Waals surface area contributed by atoms with Crippen molar-refractivity contribution in [3.63, 3.8) is 0 Å². The zero-order valence-electron chi connectivity index (χ0n) is 12.5. The van der Waals surface area contributed by atoms with Gasteiger partial charge in [0.15, 0.2) is 0 Å². The molecule has 2 aliphatic rings. The molecule has 1 aromatic heterocycles. The summed E-state index contributed by atoms with van der Waals surface area (Å²) >= 11 is 4.09. The van der Waals surface area contributed by atoms with E-state index in [9.17, 15) is 0 Å². The molecular weight excluding hydrogens is 286 g/mol. The number of rotatable bonds is 2. The first-order chi connectivity index (χ1) is 9.66. The topological polar surface area (TPSA) is 37.8 Å². The summed E-state index contributed by atoms with van der Waals surface area (Å²) in [5, 5.41) is 4.52. The molecule has 3 nitrogen and oxygen atoms in total. The maximum Gasteiger partial charge on any atom is 0.143 e. The van der Waals surface area contributed by atoms with Crippen LogP contribution in [0.15, 0.2) is 0 Å². The summed E-state index contributed by atoms with van der Waals surface area (Å²) in [6.45, 7) is 8.78. The van der Waals surface area contributed by atoms with E-state index in [1.165, 1.54) is 28.5 Å². The zero-order chi connectivity index (χ0) is 14.1. The van der Waals surface area contributed by atoms with Gasteiger partial charge < -0.3 is 5.32 Å². The van der Waals surface area contributed by atoms with Gasteiger partial charge in [0.1, 0.15) is 5.82 Å². The minimum atomic E-state index is 0.457. The number of aromatic nitrogens is 2. The normalized spacial score (nSPS) is 26.6. The van der Waals surface area contributed by atoms with E-state index in [0.29, 0.717) is 16.4 Å². The fraction of sp³-hybridized carbons (Fsp3) is 0.733. The van der Waals surface area contributed by atoms with Crippen molar-refractivity contribution in [2.24, 2.45) is 0 Å². The van der Waals surface area contributed by atoms with Gasteiger partial charge in [0.25, 0.3) is 0 Å². The van der Waals surface area contributed by atoms with Gasteiger partial charge in [0.2, 0.25) is 0 Å². The van der Waals surface area contributed by atoms with Crippen molar-refractivity contribution >= 4 is 23.5 Å². The molecule has 2 unspecified atom stereocenters. The molecule has 0 aliphatic carbocycles. The minimum absolute atomic E-state index is 0.457. The van der Waals surface area contributed by atoms with Crippen LogP contribution in [-0.2, 0) is 13.0 Å². The third kappa shape index (κ3) is 2.85. The van der Waals surface area contributed by atoms with Crippen molar-refractivity contribution in [2.45, 2.75) is 50.2 Å². The van der Waals surface area contributed by atoms with Crippen LogP contribution in [0.5, 0.6) is 0 Å². The fourth-order valence-electron chi connectivity index (χ4n) is 2.93. The lowest BCUT2D eigenvalue weighted by atomic mass is 9.97. The Hall–Kier alpha value is -0.260. The van der Waals surface area contributed by atoms with Crippen molar-refractivity contribution in [1.29, 1.82) is 0 Å². The zero-order valence-corrected chi connectivity index (χ0v) is 14.1. The molecule has 1 saturated heterocycles. The van der Waals surface area contributed by atoms with Gasteiger partial charge >= 0.3 is 0 Å². The summed E-state index contributed by atoms with van der Waals surface area (Å²) in [6.07, 6.45) is 1.07. The molecule has 0 bridgehead atoms. The van der Waals surface area contributed by atoms with Crippen LogP contribution in [0, 0.1) is 0 Å². The second-order valence-corrected chi connectivity index (χ2v) is 8.58. The second kappa shape index (κ2) is 6.24. The summed E-state index contributed by atoms with van der Waals surface area (Å²) in [7, 11) is 0. The van der Waals surface area contributed by atoms with E-state index in [4.69, 9.17) is 9.97 Å². The largest absolute Gasteiger partial charge is 0.311 e. The number of thioether (sulfide) groups is 2. The molecule has 0 radical (unpaired) electrons. The van der Waals surface area contributed by atoms with Crippen LogP contribution in [-0.4, -0.2) is 33.3 Å². The van der Waals surface area contributed by atoms with Crippen LogP contribution in [0.3, 0.4) is 0 Å². The number of hydrogen-bond acceptors (Lipinski definition) is 5. The fourth-order valence-corrected chi connectivity index (χ4v) is 5.62. The smallest absolute Gasteiger partial charge is 0.143 e. The van der Waals surface area contributed by atoms with E-state index in [1.54, 1.807) is 0 Å². The maximum absolute atomic E-state index is 4.99. The van der Waals surface area contributed by atoms with Gasteiger partial charge in [-0.15, -0.1) is 11.8 Å². The Morgan fingerprint density at radius 2 is 2.00 bits per heavy atom. The van der Waals surface area contributed by atoms with Crippen LogP contribution in [0.25, 0.3) is 0 Å². The molecule has 1 N–H and O–H groups in total. The lowest BCUT2D eigenvalue weighted by Crippen LogP contribution is -2.29. The Bertz CT molecular complexity index is 490. The molecule has 0 amide bonds. The Balaban J connectivity index is 2.01. The lowest BCUT2D eigenvalue weighted by Gasteiger charge is -2.29. The van der Waals surface area contributed by atoms with E-state index in [1.807, 2.05) is 11.8 Å². The molecule has 110 valence electrons. The number of fused-ring (bicyclic) bond motifs is 1. The second-order valence-electron chi connectivity index (χ2n) is 5.84. The Morgan fingerprint density at radius 1 is 1.20 bits per heavy atom. The van der Waals surface area contributed by atoms with Gasteiger partial charge in [0, 0.05) is 23.3 Å². The highest BCUT2D eigenvalue weighted by atomic mass is 32.2. The van der Waals surface area contributed by atoms with E-state index >= 15 is 0 Å². The van der Waals surface area contributed by atoms with E-state index in [0.717, 1.165) is 25.3 Å². The van der Waals surface area contributed by atoms with Crippen molar-refractivity contribution in [1.82, 2.24) is 15.3 Å². The third-order valence-electron chi connectivity index (χ3n) is 3.98. The van der Waals surface area contributed by atoms with Gasteiger partial charge in [0.05, 0.1) is 16.6 Å². The van der Waals surface area contributed by atoms with E-state index < -0.39 is 0 Å². The first-order valence-electron chi connectivity index (χ1n) is 7.50. The van der Waals surface area contributed by atoms with E-state index in [2.05, 4.69) is 37.8 Å². The lowest BCUT2D eigenvalue weighted by molar-refractivity contribution is 0.597.